The van der Waals surface area contributed by atoms with E-state index in [0.29, 0.717) is 0 Å². The topological polar surface area (TPSA) is 52.6 Å². The van der Waals surface area contributed by atoms with E-state index in [1.807, 2.05) is 0 Å². The van der Waals surface area contributed by atoms with Gasteiger partial charge in [-0.3, -0.25) is 0 Å². The van der Waals surface area contributed by atoms with Crippen molar-refractivity contribution in [3.05, 3.63) is 33.9 Å². The quantitative estimate of drug-likeness (QED) is 0.521. The van der Waals surface area contributed by atoms with Gasteiger partial charge in [0.2, 0.25) is 0 Å². The van der Waals surface area contributed by atoms with E-state index in [1.165, 1.54) is 18.2 Å². The second-order valence-electron chi connectivity index (χ2n) is 3.12. The van der Waals surface area contributed by atoms with Crippen LogP contribution in [0.3, 0.4) is 0 Å². The molecule has 1 rings (SSSR count). The molecule has 4 nitrogen and oxygen atoms in total. The molecule has 120 valence electrons. The molecule has 0 aliphatic carbocycles. The number of alkyl halides is 6. The number of benzene rings is 1. The summed E-state index contributed by atoms with van der Waals surface area (Å²) in [4.78, 5) is 10.7. The van der Waals surface area contributed by atoms with E-state index in [0.717, 1.165) is 12.1 Å². The first-order valence-electron chi connectivity index (χ1n) is 4.74. The third kappa shape index (κ3) is 5.78. The Balaban J connectivity index is 2.97. The maximum absolute atomic E-state index is 12.1. The number of hydrogen-bond donors (Lipinski definition) is 0. The van der Waals surface area contributed by atoms with Crippen molar-refractivity contribution < 1.29 is 40.9 Å². The summed E-state index contributed by atoms with van der Waals surface area (Å²) < 4.78 is 91.3. The maximum atomic E-state index is 12.1. The van der Waals surface area contributed by atoms with Crippen molar-refractivity contribution in [2.75, 3.05) is 0 Å². The molecule has 0 N–H and O–H groups in total. The molecule has 1 atom stereocenters. The van der Waals surface area contributed by atoms with E-state index < -0.39 is 49.4 Å². The molecule has 1 aromatic rings. The molecular formula is C9H5F6IO4S. The average molecular weight is 450 g/mol. The minimum absolute atomic E-state index is 0.183. The molecule has 0 saturated carbocycles. The van der Waals surface area contributed by atoms with Gasteiger partial charge in [0.15, 0.2) is 0 Å². The molecule has 0 spiro atoms. The molecule has 0 aliphatic rings. The fourth-order valence-corrected chi connectivity index (χ4v) is 5.29. The van der Waals surface area contributed by atoms with Gasteiger partial charge in [0.05, 0.1) is 0 Å². The van der Waals surface area contributed by atoms with Gasteiger partial charge in [0.1, 0.15) is 0 Å². The molecule has 21 heavy (non-hydrogen) atoms. The molecule has 0 aromatic heterocycles. The van der Waals surface area contributed by atoms with Gasteiger partial charge in [-0.15, -0.1) is 0 Å². The van der Waals surface area contributed by atoms with Crippen molar-refractivity contribution in [3.8, 4) is 0 Å². The van der Waals surface area contributed by atoms with Gasteiger partial charge in [-0.1, -0.05) is 0 Å². The summed E-state index contributed by atoms with van der Waals surface area (Å²) in [5.41, 5.74) is -5.30. The van der Waals surface area contributed by atoms with Gasteiger partial charge >= 0.3 is 124 Å². The molecule has 0 radical (unpaired) electrons. The van der Waals surface area contributed by atoms with Crippen LogP contribution in [0.25, 0.3) is 0 Å². The van der Waals surface area contributed by atoms with Gasteiger partial charge in [-0.2, -0.15) is 0 Å². The molecule has 0 bridgehead atoms. The van der Waals surface area contributed by atoms with Gasteiger partial charge in [-0.25, -0.2) is 0 Å². The summed E-state index contributed by atoms with van der Waals surface area (Å²) in [6.07, 6.45) is -5.40. The van der Waals surface area contributed by atoms with Crippen LogP contribution in [0.5, 0.6) is 0 Å². The van der Waals surface area contributed by atoms with Crippen molar-refractivity contribution in [3.63, 3.8) is 0 Å². The predicted molar refractivity (Wildman–Crippen MR) is 66.6 cm³/mol. The molecule has 1 unspecified atom stereocenters. The SMILES string of the molecule is O=C(OI(OS(=O)C(F)(F)F)c1ccccc1)C(F)(F)F. The summed E-state index contributed by atoms with van der Waals surface area (Å²) in [5, 5.41) is 0. The Morgan fingerprint density at radius 2 is 1.57 bits per heavy atom. The van der Waals surface area contributed by atoms with Crippen LogP contribution in [-0.4, -0.2) is 21.9 Å². The molecule has 0 saturated heterocycles. The van der Waals surface area contributed by atoms with E-state index in [-0.39, 0.29) is 3.57 Å². The Morgan fingerprint density at radius 1 is 1.05 bits per heavy atom. The fourth-order valence-electron chi connectivity index (χ4n) is 0.806. The number of carbonyl (C=O) groups excluding carboxylic acids is 1. The number of halogens is 7. The van der Waals surface area contributed by atoms with E-state index in [9.17, 15) is 35.3 Å². The third-order valence-corrected chi connectivity index (χ3v) is 6.69. The number of carbonyl (C=O) groups is 1. The second-order valence-corrected chi connectivity index (χ2v) is 8.18. The van der Waals surface area contributed by atoms with Crippen LogP contribution in [0.1, 0.15) is 0 Å². The first-order valence-corrected chi connectivity index (χ1v) is 8.65. The summed E-state index contributed by atoms with van der Waals surface area (Å²) >= 11 is -8.09. The summed E-state index contributed by atoms with van der Waals surface area (Å²) in [7, 11) is 0. The molecule has 0 heterocycles. The zero-order valence-corrected chi connectivity index (χ0v) is 12.5. The Bertz CT molecular complexity index is 489. The summed E-state index contributed by atoms with van der Waals surface area (Å²) in [5.74, 6) is -2.70. The third-order valence-electron chi connectivity index (χ3n) is 1.59. The van der Waals surface area contributed by atoms with Crippen LogP contribution in [0.4, 0.5) is 26.3 Å². The van der Waals surface area contributed by atoms with E-state index in [2.05, 4.69) is 5.58 Å². The van der Waals surface area contributed by atoms with Crippen LogP contribution in [-0.2, 0) is 21.5 Å². The predicted octanol–water partition coefficient (Wildman–Crippen LogP) is 3.50. The normalized spacial score (nSPS) is 14.5. The molecular weight excluding hydrogens is 445 g/mol. The standard InChI is InChI=1S/C9H5F6IO4S/c10-8(11,12)7(17)19-16(6-4-2-1-3-5-6)20-21(18)9(13,14)15/h1-5H. The Morgan fingerprint density at radius 3 is 2.00 bits per heavy atom. The van der Waals surface area contributed by atoms with Gasteiger partial charge in [0, 0.05) is 0 Å². The second kappa shape index (κ2) is 6.91. The van der Waals surface area contributed by atoms with E-state index in [4.69, 9.17) is 0 Å². The van der Waals surface area contributed by atoms with Crippen LogP contribution in [0.2, 0.25) is 0 Å². The molecule has 0 aliphatic heterocycles. The molecule has 0 fully saturated rings. The number of rotatable bonds is 4. The van der Waals surface area contributed by atoms with Gasteiger partial charge < -0.3 is 0 Å². The van der Waals surface area contributed by atoms with E-state index >= 15 is 0 Å². The van der Waals surface area contributed by atoms with E-state index in [1.54, 1.807) is 0 Å². The Labute approximate surface area is 124 Å². The Kier molecular flexibility index (Phi) is 5.98. The van der Waals surface area contributed by atoms with Crippen molar-refractivity contribution in [1.82, 2.24) is 0 Å². The first kappa shape index (κ1) is 18.2. The van der Waals surface area contributed by atoms with Crippen LogP contribution in [0, 0.1) is 3.57 Å². The van der Waals surface area contributed by atoms with Crippen LogP contribution in [0.15, 0.2) is 30.3 Å². The van der Waals surface area contributed by atoms with Crippen LogP contribution < -0.4 is 0 Å². The molecule has 1 aromatic carbocycles. The number of hydrogen-bond acceptors (Lipinski definition) is 4. The first-order chi connectivity index (χ1) is 9.51. The minimum atomic E-state index is -5.40. The monoisotopic (exact) mass is 450 g/mol. The fraction of sp³-hybridized carbons (Fsp3) is 0.222. The van der Waals surface area contributed by atoms with Crippen molar-refractivity contribution >= 4 is 37.7 Å². The zero-order valence-electron chi connectivity index (χ0n) is 9.57. The average Bonchev–Trinajstić information content (AvgIpc) is 2.36. The molecule has 0 amide bonds. The van der Waals surface area contributed by atoms with Crippen molar-refractivity contribution in [2.24, 2.45) is 0 Å². The van der Waals surface area contributed by atoms with Gasteiger partial charge in [-0.05, 0) is 0 Å². The van der Waals surface area contributed by atoms with Crippen molar-refractivity contribution in [2.45, 2.75) is 11.7 Å². The van der Waals surface area contributed by atoms with Crippen molar-refractivity contribution in [1.29, 1.82) is 0 Å². The summed E-state index contributed by atoms with van der Waals surface area (Å²) in [6, 6.07) is 6.25. The van der Waals surface area contributed by atoms with Gasteiger partial charge in [0.25, 0.3) is 0 Å². The Hall–Kier alpha value is -0.890. The summed E-state index contributed by atoms with van der Waals surface area (Å²) in [6.45, 7) is 0. The molecule has 12 heteroatoms. The van der Waals surface area contributed by atoms with Crippen LogP contribution >= 0.6 is 20.6 Å². The zero-order chi connectivity index (χ0) is 16.3.